The Hall–Kier alpha value is -2.55. The SMILES string of the molecule is O=C1CCN2c3ccccc3C=C(c3ccccc3)N12. The number of carbonyl (C=O) groups excluding carboxylic acids is 1. The van der Waals surface area contributed by atoms with Crippen molar-refractivity contribution >= 4 is 23.4 Å². The van der Waals surface area contributed by atoms with Gasteiger partial charge in [-0.05, 0) is 12.1 Å². The first kappa shape index (κ1) is 11.3. The number of hydrazine groups is 1. The molecule has 2 aliphatic rings. The van der Waals surface area contributed by atoms with E-state index in [0.29, 0.717) is 6.42 Å². The van der Waals surface area contributed by atoms with Crippen LogP contribution < -0.4 is 5.01 Å². The Labute approximate surface area is 117 Å². The standard InChI is InChI=1S/C17H14N2O/c20-17-10-11-18-15-9-5-4-8-14(15)12-16(19(17)18)13-6-2-1-3-7-13/h1-9,12H,10-11H2. The molecular formula is C17H14N2O. The molecule has 1 fully saturated rings. The summed E-state index contributed by atoms with van der Waals surface area (Å²) in [6.07, 6.45) is 2.67. The quantitative estimate of drug-likeness (QED) is 0.788. The largest absolute Gasteiger partial charge is 0.277 e. The number of anilines is 1. The third kappa shape index (κ3) is 1.56. The normalized spacial score (nSPS) is 16.8. The molecule has 0 atom stereocenters. The van der Waals surface area contributed by atoms with E-state index in [1.165, 1.54) is 0 Å². The summed E-state index contributed by atoms with van der Waals surface area (Å²) in [6.45, 7) is 0.750. The number of hydrogen-bond acceptors (Lipinski definition) is 2. The molecule has 2 aliphatic heterocycles. The lowest BCUT2D eigenvalue weighted by molar-refractivity contribution is -0.125. The number of para-hydroxylation sites is 1. The van der Waals surface area contributed by atoms with Gasteiger partial charge in [0.2, 0.25) is 5.91 Å². The number of amides is 1. The second kappa shape index (κ2) is 4.23. The molecule has 0 aliphatic carbocycles. The average molecular weight is 262 g/mol. The minimum Gasteiger partial charge on any atom is -0.277 e. The maximum Gasteiger partial charge on any atom is 0.247 e. The van der Waals surface area contributed by atoms with E-state index in [4.69, 9.17) is 0 Å². The highest BCUT2D eigenvalue weighted by Gasteiger charge is 2.36. The van der Waals surface area contributed by atoms with Crippen molar-refractivity contribution in [3.05, 3.63) is 65.7 Å². The highest BCUT2D eigenvalue weighted by atomic mass is 16.2. The smallest absolute Gasteiger partial charge is 0.247 e. The van der Waals surface area contributed by atoms with Crippen molar-refractivity contribution in [2.45, 2.75) is 6.42 Å². The van der Waals surface area contributed by atoms with Crippen LogP contribution in [0.25, 0.3) is 11.8 Å². The van der Waals surface area contributed by atoms with E-state index < -0.39 is 0 Å². The lowest BCUT2D eigenvalue weighted by atomic mass is 10.0. The molecule has 20 heavy (non-hydrogen) atoms. The van der Waals surface area contributed by atoms with Crippen LogP contribution in [0.4, 0.5) is 5.69 Å². The Balaban J connectivity index is 1.93. The molecule has 2 aromatic carbocycles. The van der Waals surface area contributed by atoms with Crippen molar-refractivity contribution in [3.63, 3.8) is 0 Å². The fraction of sp³-hybridized carbons (Fsp3) is 0.118. The average Bonchev–Trinajstić information content (AvgIpc) is 2.90. The van der Waals surface area contributed by atoms with Gasteiger partial charge in [0, 0.05) is 24.1 Å². The number of carbonyl (C=O) groups is 1. The van der Waals surface area contributed by atoms with Crippen LogP contribution in [0.5, 0.6) is 0 Å². The van der Waals surface area contributed by atoms with Crippen molar-refractivity contribution in [2.75, 3.05) is 11.6 Å². The number of rotatable bonds is 1. The van der Waals surface area contributed by atoms with Crippen molar-refractivity contribution in [1.29, 1.82) is 0 Å². The van der Waals surface area contributed by atoms with Gasteiger partial charge in [0.05, 0.1) is 11.4 Å². The van der Waals surface area contributed by atoms with Gasteiger partial charge in [-0.2, -0.15) is 0 Å². The van der Waals surface area contributed by atoms with E-state index >= 15 is 0 Å². The maximum atomic E-state index is 12.2. The Morgan fingerprint density at radius 1 is 0.900 bits per heavy atom. The molecule has 0 bridgehead atoms. The molecule has 1 amide bonds. The number of hydrogen-bond donors (Lipinski definition) is 0. The molecule has 0 saturated carbocycles. The molecule has 1 saturated heterocycles. The van der Waals surface area contributed by atoms with Gasteiger partial charge >= 0.3 is 0 Å². The second-order valence-electron chi connectivity index (χ2n) is 5.03. The van der Waals surface area contributed by atoms with Gasteiger partial charge in [-0.25, -0.2) is 5.01 Å². The topological polar surface area (TPSA) is 23.6 Å². The molecule has 0 radical (unpaired) electrons. The van der Waals surface area contributed by atoms with Gasteiger partial charge in [0.25, 0.3) is 0 Å². The molecule has 0 unspecified atom stereocenters. The molecular weight excluding hydrogens is 248 g/mol. The van der Waals surface area contributed by atoms with Gasteiger partial charge in [0.15, 0.2) is 0 Å². The van der Waals surface area contributed by atoms with Crippen LogP contribution in [0.15, 0.2) is 54.6 Å². The first-order chi connectivity index (χ1) is 9.84. The Kier molecular flexibility index (Phi) is 2.39. The summed E-state index contributed by atoms with van der Waals surface area (Å²) in [5.74, 6) is 0.162. The zero-order valence-corrected chi connectivity index (χ0v) is 11.0. The lowest BCUT2D eigenvalue weighted by Crippen LogP contribution is -2.39. The summed E-state index contributed by atoms with van der Waals surface area (Å²) in [5.41, 5.74) is 4.31. The van der Waals surface area contributed by atoms with Gasteiger partial charge in [-0.15, -0.1) is 0 Å². The summed E-state index contributed by atoms with van der Waals surface area (Å²) in [5, 5.41) is 3.90. The van der Waals surface area contributed by atoms with Crippen LogP contribution in [-0.2, 0) is 4.79 Å². The summed E-state index contributed by atoms with van der Waals surface area (Å²) in [6, 6.07) is 18.3. The van der Waals surface area contributed by atoms with E-state index in [-0.39, 0.29) is 5.91 Å². The maximum absolute atomic E-state index is 12.2. The Bertz CT molecular complexity index is 706. The van der Waals surface area contributed by atoms with Crippen LogP contribution in [0.3, 0.4) is 0 Å². The predicted octanol–water partition coefficient (Wildman–Crippen LogP) is 3.15. The zero-order chi connectivity index (χ0) is 13.5. The minimum absolute atomic E-state index is 0.162. The zero-order valence-electron chi connectivity index (χ0n) is 11.0. The Morgan fingerprint density at radius 2 is 1.65 bits per heavy atom. The van der Waals surface area contributed by atoms with E-state index in [1.54, 1.807) is 0 Å². The van der Waals surface area contributed by atoms with Gasteiger partial charge in [-0.3, -0.25) is 9.80 Å². The number of fused-ring (bicyclic) bond motifs is 3. The van der Waals surface area contributed by atoms with E-state index in [2.05, 4.69) is 23.2 Å². The summed E-state index contributed by atoms with van der Waals surface area (Å²) in [7, 11) is 0. The van der Waals surface area contributed by atoms with Gasteiger partial charge < -0.3 is 0 Å². The van der Waals surface area contributed by atoms with Gasteiger partial charge in [0.1, 0.15) is 0 Å². The summed E-state index contributed by atoms with van der Waals surface area (Å²) < 4.78 is 0. The van der Waals surface area contributed by atoms with Crippen LogP contribution in [0, 0.1) is 0 Å². The van der Waals surface area contributed by atoms with Crippen LogP contribution in [0.1, 0.15) is 17.5 Å². The van der Waals surface area contributed by atoms with Crippen molar-refractivity contribution in [2.24, 2.45) is 0 Å². The minimum atomic E-state index is 0.162. The molecule has 0 aromatic heterocycles. The molecule has 0 spiro atoms. The predicted molar refractivity (Wildman–Crippen MR) is 79.6 cm³/mol. The highest BCUT2D eigenvalue weighted by molar-refractivity contribution is 6.00. The van der Waals surface area contributed by atoms with Crippen molar-refractivity contribution in [3.8, 4) is 0 Å². The van der Waals surface area contributed by atoms with E-state index in [0.717, 1.165) is 29.1 Å². The number of benzene rings is 2. The van der Waals surface area contributed by atoms with E-state index in [9.17, 15) is 4.79 Å². The monoisotopic (exact) mass is 262 g/mol. The molecule has 3 heteroatoms. The van der Waals surface area contributed by atoms with Gasteiger partial charge in [-0.1, -0.05) is 48.5 Å². The summed E-state index contributed by atoms with van der Waals surface area (Å²) >= 11 is 0. The fourth-order valence-corrected chi connectivity index (χ4v) is 2.90. The first-order valence-electron chi connectivity index (χ1n) is 6.81. The third-order valence-corrected chi connectivity index (χ3v) is 3.82. The molecule has 0 N–H and O–H groups in total. The van der Waals surface area contributed by atoms with Crippen LogP contribution in [-0.4, -0.2) is 17.5 Å². The van der Waals surface area contributed by atoms with E-state index in [1.807, 2.05) is 47.5 Å². The van der Waals surface area contributed by atoms with Crippen LogP contribution >= 0.6 is 0 Å². The molecule has 98 valence electrons. The molecule has 2 heterocycles. The highest BCUT2D eigenvalue weighted by Crippen LogP contribution is 2.38. The van der Waals surface area contributed by atoms with Crippen molar-refractivity contribution in [1.82, 2.24) is 5.01 Å². The second-order valence-corrected chi connectivity index (χ2v) is 5.03. The Morgan fingerprint density at radius 3 is 2.50 bits per heavy atom. The third-order valence-electron chi connectivity index (χ3n) is 3.82. The van der Waals surface area contributed by atoms with Crippen molar-refractivity contribution < 1.29 is 4.79 Å². The fourth-order valence-electron chi connectivity index (χ4n) is 2.90. The molecule has 4 rings (SSSR count). The summed E-state index contributed by atoms with van der Waals surface area (Å²) in [4.78, 5) is 12.2. The molecule has 3 nitrogen and oxygen atoms in total. The number of nitrogens with zero attached hydrogens (tertiary/aromatic N) is 2. The lowest BCUT2D eigenvalue weighted by Gasteiger charge is -2.36. The first-order valence-corrected chi connectivity index (χ1v) is 6.81. The van der Waals surface area contributed by atoms with Crippen LogP contribution in [0.2, 0.25) is 0 Å². The molecule has 2 aromatic rings.